The summed E-state index contributed by atoms with van der Waals surface area (Å²) in [6, 6.07) is 10.9. The molecule has 0 fully saturated rings. The molecule has 0 spiro atoms. The lowest BCUT2D eigenvalue weighted by molar-refractivity contribution is 0.566. The Morgan fingerprint density at radius 3 is 2.50 bits per heavy atom. The summed E-state index contributed by atoms with van der Waals surface area (Å²) in [5, 5.41) is 3.18. The van der Waals surface area contributed by atoms with Gasteiger partial charge >= 0.3 is 0 Å². The minimum atomic E-state index is -0.565. The highest BCUT2D eigenvalue weighted by atomic mass is 79.9. The third kappa shape index (κ3) is 2.88. The third-order valence-corrected chi connectivity index (χ3v) is 3.37. The number of nitrogens with one attached hydrogen (secondary N) is 1. The van der Waals surface area contributed by atoms with E-state index in [0.29, 0.717) is 5.56 Å². The van der Waals surface area contributed by atoms with Gasteiger partial charge in [-0.2, -0.15) is 0 Å². The topological polar surface area (TPSA) is 12.0 Å². The van der Waals surface area contributed by atoms with Crippen LogP contribution < -0.4 is 5.32 Å². The first kappa shape index (κ1) is 13.0. The van der Waals surface area contributed by atoms with Gasteiger partial charge in [0.15, 0.2) is 0 Å². The molecule has 1 N–H and O–H groups in total. The van der Waals surface area contributed by atoms with Crippen LogP contribution in [-0.2, 0) is 0 Å². The zero-order chi connectivity index (χ0) is 13.1. The van der Waals surface area contributed by atoms with Crippen LogP contribution in [0.3, 0.4) is 0 Å². The van der Waals surface area contributed by atoms with Gasteiger partial charge in [0.05, 0.1) is 6.04 Å². The lowest BCUT2D eigenvalue weighted by atomic mass is 10.1. The minimum Gasteiger partial charge on any atom is -0.377 e. The van der Waals surface area contributed by atoms with Gasteiger partial charge in [0.1, 0.15) is 11.6 Å². The second-order valence-electron chi connectivity index (χ2n) is 4.01. The Morgan fingerprint density at radius 2 is 1.83 bits per heavy atom. The molecule has 0 aliphatic heterocycles. The molecule has 2 aromatic rings. The molecular weight excluding hydrogens is 300 g/mol. The van der Waals surface area contributed by atoms with E-state index in [-0.39, 0.29) is 6.04 Å². The predicted octanol–water partition coefficient (Wildman–Crippen LogP) is 4.90. The van der Waals surface area contributed by atoms with E-state index in [2.05, 4.69) is 21.2 Å². The van der Waals surface area contributed by atoms with Gasteiger partial charge < -0.3 is 5.32 Å². The SMILES string of the molecule is CC(Nc1ccccc1Br)c1ccc(F)cc1F. The second-order valence-corrected chi connectivity index (χ2v) is 4.87. The minimum absolute atomic E-state index is 0.246. The standard InChI is InChI=1S/C14H12BrF2N/c1-9(11-7-6-10(16)8-13(11)17)18-14-5-3-2-4-12(14)15/h2-9,18H,1H3. The number of anilines is 1. The lowest BCUT2D eigenvalue weighted by Gasteiger charge is -2.17. The first-order valence-electron chi connectivity index (χ1n) is 5.54. The van der Waals surface area contributed by atoms with Crippen LogP contribution in [0.25, 0.3) is 0 Å². The van der Waals surface area contributed by atoms with Crippen molar-refractivity contribution in [1.82, 2.24) is 0 Å². The maximum Gasteiger partial charge on any atom is 0.131 e. The third-order valence-electron chi connectivity index (χ3n) is 2.67. The van der Waals surface area contributed by atoms with Crippen LogP contribution in [-0.4, -0.2) is 0 Å². The fourth-order valence-electron chi connectivity index (χ4n) is 1.74. The molecule has 0 radical (unpaired) electrons. The van der Waals surface area contributed by atoms with Crippen LogP contribution in [0.2, 0.25) is 0 Å². The molecule has 0 saturated carbocycles. The molecule has 2 aromatic carbocycles. The molecule has 0 saturated heterocycles. The summed E-state index contributed by atoms with van der Waals surface area (Å²) in [4.78, 5) is 0. The number of hydrogen-bond acceptors (Lipinski definition) is 1. The lowest BCUT2D eigenvalue weighted by Crippen LogP contribution is -2.09. The predicted molar refractivity (Wildman–Crippen MR) is 72.5 cm³/mol. The summed E-state index contributed by atoms with van der Waals surface area (Å²) in [5.41, 5.74) is 1.31. The fraction of sp³-hybridized carbons (Fsp3) is 0.143. The van der Waals surface area contributed by atoms with Crippen molar-refractivity contribution in [2.75, 3.05) is 5.32 Å². The van der Waals surface area contributed by atoms with Crippen molar-refractivity contribution >= 4 is 21.6 Å². The smallest absolute Gasteiger partial charge is 0.131 e. The average Bonchev–Trinajstić information content (AvgIpc) is 2.32. The van der Waals surface area contributed by atoms with E-state index in [1.165, 1.54) is 12.1 Å². The van der Waals surface area contributed by atoms with Crippen molar-refractivity contribution in [2.45, 2.75) is 13.0 Å². The average molecular weight is 312 g/mol. The first-order chi connectivity index (χ1) is 8.58. The number of halogens is 3. The Hall–Kier alpha value is -1.42. The summed E-state index contributed by atoms with van der Waals surface area (Å²) in [6.07, 6.45) is 0. The highest BCUT2D eigenvalue weighted by Gasteiger charge is 2.12. The quantitative estimate of drug-likeness (QED) is 0.850. The van der Waals surface area contributed by atoms with Crippen molar-refractivity contribution < 1.29 is 8.78 Å². The van der Waals surface area contributed by atoms with Crippen molar-refractivity contribution in [3.8, 4) is 0 Å². The molecule has 18 heavy (non-hydrogen) atoms. The van der Waals surface area contributed by atoms with Crippen LogP contribution in [0.15, 0.2) is 46.9 Å². The molecule has 0 bridgehead atoms. The number of hydrogen-bond donors (Lipinski definition) is 1. The highest BCUT2D eigenvalue weighted by molar-refractivity contribution is 9.10. The monoisotopic (exact) mass is 311 g/mol. The Bertz CT molecular complexity index is 557. The number of benzene rings is 2. The first-order valence-corrected chi connectivity index (χ1v) is 6.33. The largest absolute Gasteiger partial charge is 0.377 e. The van der Waals surface area contributed by atoms with Gasteiger partial charge in [-0.1, -0.05) is 18.2 Å². The molecule has 4 heteroatoms. The van der Waals surface area contributed by atoms with Gasteiger partial charge in [-0.25, -0.2) is 8.78 Å². The molecular formula is C14H12BrF2N. The fourth-order valence-corrected chi connectivity index (χ4v) is 2.14. The van der Waals surface area contributed by atoms with E-state index < -0.39 is 11.6 Å². The summed E-state index contributed by atoms with van der Waals surface area (Å²) in [5.74, 6) is -1.11. The van der Waals surface area contributed by atoms with Crippen LogP contribution in [0.5, 0.6) is 0 Å². The highest BCUT2D eigenvalue weighted by Crippen LogP contribution is 2.27. The Balaban J connectivity index is 2.22. The zero-order valence-electron chi connectivity index (χ0n) is 9.75. The van der Waals surface area contributed by atoms with E-state index >= 15 is 0 Å². The van der Waals surface area contributed by atoms with Gasteiger partial charge in [-0.05, 0) is 41.1 Å². The van der Waals surface area contributed by atoms with E-state index in [1.54, 1.807) is 0 Å². The number of rotatable bonds is 3. The van der Waals surface area contributed by atoms with Crippen LogP contribution >= 0.6 is 15.9 Å². The molecule has 1 nitrogen and oxygen atoms in total. The van der Waals surface area contributed by atoms with Gasteiger partial charge in [-0.15, -0.1) is 0 Å². The van der Waals surface area contributed by atoms with Crippen molar-refractivity contribution in [1.29, 1.82) is 0 Å². The number of para-hydroxylation sites is 1. The van der Waals surface area contributed by atoms with Crippen LogP contribution in [0.4, 0.5) is 14.5 Å². The van der Waals surface area contributed by atoms with Crippen LogP contribution in [0, 0.1) is 11.6 Å². The maximum atomic E-state index is 13.6. The molecule has 0 amide bonds. The normalized spacial score (nSPS) is 12.2. The van der Waals surface area contributed by atoms with Gasteiger partial charge in [0.25, 0.3) is 0 Å². The molecule has 1 unspecified atom stereocenters. The van der Waals surface area contributed by atoms with Crippen molar-refractivity contribution in [2.24, 2.45) is 0 Å². The molecule has 0 aliphatic carbocycles. The Morgan fingerprint density at radius 1 is 1.11 bits per heavy atom. The van der Waals surface area contributed by atoms with Crippen LogP contribution in [0.1, 0.15) is 18.5 Å². The Labute approximate surface area is 113 Å². The summed E-state index contributed by atoms with van der Waals surface area (Å²) in [6.45, 7) is 1.83. The van der Waals surface area contributed by atoms with E-state index in [0.717, 1.165) is 16.2 Å². The molecule has 0 heterocycles. The van der Waals surface area contributed by atoms with Gasteiger partial charge in [-0.3, -0.25) is 0 Å². The maximum absolute atomic E-state index is 13.6. The summed E-state index contributed by atoms with van der Waals surface area (Å²) < 4.78 is 27.3. The molecule has 0 aromatic heterocycles. The van der Waals surface area contributed by atoms with Crippen molar-refractivity contribution in [3.05, 3.63) is 64.1 Å². The van der Waals surface area contributed by atoms with Crippen molar-refractivity contribution in [3.63, 3.8) is 0 Å². The second kappa shape index (κ2) is 5.48. The van der Waals surface area contributed by atoms with E-state index in [1.807, 2.05) is 31.2 Å². The Kier molecular flexibility index (Phi) is 3.97. The molecule has 1 atom stereocenters. The van der Waals surface area contributed by atoms with Gasteiger partial charge in [0, 0.05) is 21.8 Å². The van der Waals surface area contributed by atoms with Gasteiger partial charge in [0.2, 0.25) is 0 Å². The summed E-state index contributed by atoms with van der Waals surface area (Å²) in [7, 11) is 0. The summed E-state index contributed by atoms with van der Waals surface area (Å²) >= 11 is 3.41. The van der Waals surface area contributed by atoms with E-state index in [4.69, 9.17) is 0 Å². The molecule has 2 rings (SSSR count). The van der Waals surface area contributed by atoms with E-state index in [9.17, 15) is 8.78 Å². The molecule has 94 valence electrons. The molecule has 0 aliphatic rings. The zero-order valence-corrected chi connectivity index (χ0v) is 11.3.